The number of aromatic nitrogens is 1. The maximum atomic E-state index is 8.98. The third kappa shape index (κ3) is 2.18. The molecule has 1 aromatic heterocycles. The van der Waals surface area contributed by atoms with Crippen LogP contribution in [0, 0.1) is 5.92 Å². The molecular formula is C10H13NO2. The van der Waals surface area contributed by atoms with Crippen LogP contribution in [0.1, 0.15) is 18.4 Å². The standard InChI is InChI=1S/C10H13NO2/c12-6-9-5-11-4-3-10(9)13-7-8-1-2-8/h3-5,8,12H,1-2,6-7H2. The van der Waals surface area contributed by atoms with Gasteiger partial charge in [0.25, 0.3) is 0 Å². The van der Waals surface area contributed by atoms with Crippen LogP contribution in [0.25, 0.3) is 0 Å². The van der Waals surface area contributed by atoms with E-state index >= 15 is 0 Å². The second-order valence-corrected chi connectivity index (χ2v) is 3.40. The molecule has 0 bridgehead atoms. The van der Waals surface area contributed by atoms with Gasteiger partial charge in [-0.05, 0) is 24.8 Å². The number of hydrogen-bond donors (Lipinski definition) is 1. The molecule has 0 spiro atoms. The van der Waals surface area contributed by atoms with Crippen LogP contribution in [-0.2, 0) is 6.61 Å². The predicted molar refractivity (Wildman–Crippen MR) is 48.4 cm³/mol. The summed E-state index contributed by atoms with van der Waals surface area (Å²) in [5.41, 5.74) is 0.767. The highest BCUT2D eigenvalue weighted by Crippen LogP contribution is 2.30. The highest BCUT2D eigenvalue weighted by atomic mass is 16.5. The summed E-state index contributed by atoms with van der Waals surface area (Å²) >= 11 is 0. The van der Waals surface area contributed by atoms with Gasteiger partial charge in [0.15, 0.2) is 0 Å². The van der Waals surface area contributed by atoms with Gasteiger partial charge in [0.1, 0.15) is 5.75 Å². The van der Waals surface area contributed by atoms with Crippen molar-refractivity contribution in [1.82, 2.24) is 4.98 Å². The van der Waals surface area contributed by atoms with Crippen molar-refractivity contribution in [3.05, 3.63) is 24.0 Å². The molecule has 0 aromatic carbocycles. The summed E-state index contributed by atoms with van der Waals surface area (Å²) in [5.74, 6) is 1.50. The number of aliphatic hydroxyl groups excluding tert-OH is 1. The van der Waals surface area contributed by atoms with Crippen molar-refractivity contribution in [3.8, 4) is 5.75 Å². The Balaban J connectivity index is 1.99. The van der Waals surface area contributed by atoms with Crippen LogP contribution in [0.15, 0.2) is 18.5 Å². The second kappa shape index (κ2) is 3.75. The van der Waals surface area contributed by atoms with E-state index in [4.69, 9.17) is 9.84 Å². The van der Waals surface area contributed by atoms with Crippen molar-refractivity contribution in [2.75, 3.05) is 6.61 Å². The SMILES string of the molecule is OCc1cnccc1OCC1CC1. The lowest BCUT2D eigenvalue weighted by molar-refractivity contribution is 0.257. The lowest BCUT2D eigenvalue weighted by atomic mass is 10.3. The highest BCUT2D eigenvalue weighted by Gasteiger charge is 2.22. The Labute approximate surface area is 77.4 Å². The van der Waals surface area contributed by atoms with Crippen LogP contribution in [0.5, 0.6) is 5.75 Å². The summed E-state index contributed by atoms with van der Waals surface area (Å²) in [7, 11) is 0. The summed E-state index contributed by atoms with van der Waals surface area (Å²) < 4.78 is 5.55. The lowest BCUT2D eigenvalue weighted by Crippen LogP contribution is -2.01. The fourth-order valence-corrected chi connectivity index (χ4v) is 1.17. The summed E-state index contributed by atoms with van der Waals surface area (Å²) in [5, 5.41) is 8.98. The Kier molecular flexibility index (Phi) is 2.45. The maximum Gasteiger partial charge on any atom is 0.127 e. The normalized spacial score (nSPS) is 15.8. The first-order valence-corrected chi connectivity index (χ1v) is 4.56. The van der Waals surface area contributed by atoms with Crippen LogP contribution < -0.4 is 4.74 Å². The molecule has 0 aliphatic heterocycles. The van der Waals surface area contributed by atoms with Crippen LogP contribution in [0.4, 0.5) is 0 Å². The molecule has 1 aliphatic rings. The average molecular weight is 179 g/mol. The van der Waals surface area contributed by atoms with Gasteiger partial charge in [-0.1, -0.05) is 0 Å². The molecule has 1 heterocycles. The van der Waals surface area contributed by atoms with Gasteiger partial charge in [-0.3, -0.25) is 4.98 Å². The summed E-state index contributed by atoms with van der Waals surface area (Å²) in [6.07, 6.45) is 5.88. The second-order valence-electron chi connectivity index (χ2n) is 3.40. The molecule has 2 rings (SSSR count). The summed E-state index contributed by atoms with van der Waals surface area (Å²) in [4.78, 5) is 3.92. The van der Waals surface area contributed by atoms with E-state index in [0.29, 0.717) is 0 Å². The van der Waals surface area contributed by atoms with E-state index < -0.39 is 0 Å². The topological polar surface area (TPSA) is 42.4 Å². The molecule has 1 N–H and O–H groups in total. The minimum absolute atomic E-state index is 0.00611. The van der Waals surface area contributed by atoms with Gasteiger partial charge < -0.3 is 9.84 Å². The number of ether oxygens (including phenoxy) is 1. The lowest BCUT2D eigenvalue weighted by Gasteiger charge is -2.07. The van der Waals surface area contributed by atoms with Crippen molar-refractivity contribution in [1.29, 1.82) is 0 Å². The van der Waals surface area contributed by atoms with Gasteiger partial charge in [-0.2, -0.15) is 0 Å². The Morgan fingerprint density at radius 1 is 1.54 bits per heavy atom. The van der Waals surface area contributed by atoms with Gasteiger partial charge in [0.05, 0.1) is 13.2 Å². The summed E-state index contributed by atoms with van der Waals surface area (Å²) in [6, 6.07) is 1.80. The van der Waals surface area contributed by atoms with Gasteiger partial charge in [0, 0.05) is 18.0 Å². The van der Waals surface area contributed by atoms with Crippen LogP contribution >= 0.6 is 0 Å². The minimum atomic E-state index is -0.00611. The highest BCUT2D eigenvalue weighted by molar-refractivity contribution is 5.29. The molecule has 0 saturated heterocycles. The quantitative estimate of drug-likeness (QED) is 0.758. The van der Waals surface area contributed by atoms with Crippen molar-refractivity contribution in [3.63, 3.8) is 0 Å². The Morgan fingerprint density at radius 3 is 3.08 bits per heavy atom. The zero-order chi connectivity index (χ0) is 9.10. The molecule has 0 atom stereocenters. The molecule has 0 radical (unpaired) electrons. The number of hydrogen-bond acceptors (Lipinski definition) is 3. The molecule has 1 saturated carbocycles. The third-order valence-corrected chi connectivity index (χ3v) is 2.20. The van der Waals surface area contributed by atoms with Crippen molar-refractivity contribution in [2.45, 2.75) is 19.4 Å². The van der Waals surface area contributed by atoms with Gasteiger partial charge in [-0.25, -0.2) is 0 Å². The van der Waals surface area contributed by atoms with Crippen molar-refractivity contribution >= 4 is 0 Å². The number of rotatable bonds is 4. The molecule has 70 valence electrons. The van der Waals surface area contributed by atoms with Crippen LogP contribution in [0.3, 0.4) is 0 Å². The maximum absolute atomic E-state index is 8.98. The van der Waals surface area contributed by atoms with Gasteiger partial charge >= 0.3 is 0 Å². The summed E-state index contributed by atoms with van der Waals surface area (Å²) in [6.45, 7) is 0.769. The van der Waals surface area contributed by atoms with Crippen molar-refractivity contribution in [2.24, 2.45) is 5.92 Å². The largest absolute Gasteiger partial charge is 0.493 e. The monoisotopic (exact) mass is 179 g/mol. The molecule has 1 aliphatic carbocycles. The van der Waals surface area contributed by atoms with Crippen LogP contribution in [-0.4, -0.2) is 16.7 Å². The molecule has 3 nitrogen and oxygen atoms in total. The first-order valence-electron chi connectivity index (χ1n) is 4.56. The number of pyridine rings is 1. The van der Waals surface area contributed by atoms with E-state index in [2.05, 4.69) is 4.98 Å². The van der Waals surface area contributed by atoms with Crippen LogP contribution in [0.2, 0.25) is 0 Å². The van der Waals surface area contributed by atoms with E-state index in [1.165, 1.54) is 12.8 Å². The van der Waals surface area contributed by atoms with Gasteiger partial charge in [-0.15, -0.1) is 0 Å². The molecule has 3 heteroatoms. The molecule has 1 fully saturated rings. The molecule has 0 amide bonds. The first-order chi connectivity index (χ1) is 6.40. The zero-order valence-corrected chi connectivity index (χ0v) is 7.44. The van der Waals surface area contributed by atoms with E-state index in [9.17, 15) is 0 Å². The zero-order valence-electron chi connectivity index (χ0n) is 7.44. The molecular weight excluding hydrogens is 166 g/mol. The fraction of sp³-hybridized carbons (Fsp3) is 0.500. The molecule has 1 aromatic rings. The van der Waals surface area contributed by atoms with E-state index in [0.717, 1.165) is 23.8 Å². The Morgan fingerprint density at radius 2 is 2.38 bits per heavy atom. The Hall–Kier alpha value is -1.09. The predicted octanol–water partition coefficient (Wildman–Crippen LogP) is 1.36. The third-order valence-electron chi connectivity index (χ3n) is 2.20. The average Bonchev–Trinajstić information content (AvgIpc) is 2.99. The smallest absolute Gasteiger partial charge is 0.127 e. The number of aliphatic hydroxyl groups is 1. The van der Waals surface area contributed by atoms with Gasteiger partial charge in [0.2, 0.25) is 0 Å². The number of nitrogens with zero attached hydrogens (tertiary/aromatic N) is 1. The Bertz CT molecular complexity index is 284. The van der Waals surface area contributed by atoms with E-state index in [1.54, 1.807) is 18.5 Å². The molecule has 13 heavy (non-hydrogen) atoms. The molecule has 0 unspecified atom stereocenters. The minimum Gasteiger partial charge on any atom is -0.493 e. The van der Waals surface area contributed by atoms with E-state index in [1.807, 2.05) is 0 Å². The fourth-order valence-electron chi connectivity index (χ4n) is 1.17. The van der Waals surface area contributed by atoms with Crippen molar-refractivity contribution < 1.29 is 9.84 Å². The first kappa shape index (κ1) is 8.51. The van der Waals surface area contributed by atoms with E-state index in [-0.39, 0.29) is 6.61 Å².